The molecule has 0 unspecified atom stereocenters. The highest BCUT2D eigenvalue weighted by Gasteiger charge is 2.07. The number of rotatable bonds is 3. The van der Waals surface area contributed by atoms with Gasteiger partial charge in [-0.25, -0.2) is 9.78 Å². The summed E-state index contributed by atoms with van der Waals surface area (Å²) in [6.07, 6.45) is 1.50. The van der Waals surface area contributed by atoms with Crippen molar-refractivity contribution in [3.8, 4) is 0 Å². The number of H-pyrrole nitrogens is 3. The molecule has 0 fully saturated rings. The third kappa shape index (κ3) is 2.33. The van der Waals surface area contributed by atoms with Gasteiger partial charge in [0.2, 0.25) is 0 Å². The molecule has 0 amide bonds. The van der Waals surface area contributed by atoms with Crippen LogP contribution in [0.5, 0.6) is 0 Å². The van der Waals surface area contributed by atoms with Crippen molar-refractivity contribution < 1.29 is 0 Å². The molecule has 0 aliphatic carbocycles. The van der Waals surface area contributed by atoms with Gasteiger partial charge in [-0.2, -0.15) is 0 Å². The number of imidazole rings is 1. The van der Waals surface area contributed by atoms with Gasteiger partial charge in [0.15, 0.2) is 5.65 Å². The van der Waals surface area contributed by atoms with E-state index < -0.39 is 11.2 Å². The van der Waals surface area contributed by atoms with Gasteiger partial charge in [-0.05, 0) is 12.0 Å². The van der Waals surface area contributed by atoms with Gasteiger partial charge in [0, 0.05) is 6.42 Å². The van der Waals surface area contributed by atoms with E-state index in [1.807, 2.05) is 30.3 Å². The second-order valence-corrected chi connectivity index (χ2v) is 4.30. The van der Waals surface area contributed by atoms with Crippen LogP contribution in [0.3, 0.4) is 0 Å². The van der Waals surface area contributed by atoms with Gasteiger partial charge in [-0.3, -0.25) is 14.8 Å². The molecule has 3 N–H and O–H groups in total. The van der Waals surface area contributed by atoms with E-state index in [1.54, 1.807) is 0 Å². The van der Waals surface area contributed by atoms with Crippen LogP contribution in [-0.4, -0.2) is 19.9 Å². The Morgan fingerprint density at radius 2 is 1.74 bits per heavy atom. The van der Waals surface area contributed by atoms with Gasteiger partial charge in [-0.1, -0.05) is 30.3 Å². The van der Waals surface area contributed by atoms with E-state index in [1.165, 1.54) is 5.56 Å². The number of aromatic nitrogens is 4. The Hall–Kier alpha value is -2.63. The van der Waals surface area contributed by atoms with Gasteiger partial charge in [0.05, 0.1) is 0 Å². The average Bonchev–Trinajstić information content (AvgIpc) is 2.81. The van der Waals surface area contributed by atoms with Gasteiger partial charge >= 0.3 is 5.69 Å². The summed E-state index contributed by atoms with van der Waals surface area (Å²) in [4.78, 5) is 34.5. The summed E-state index contributed by atoms with van der Waals surface area (Å²) in [7, 11) is 0. The maximum atomic E-state index is 11.5. The molecular weight excluding hydrogens is 244 g/mol. The minimum absolute atomic E-state index is 0.303. The van der Waals surface area contributed by atoms with E-state index in [0.29, 0.717) is 23.4 Å². The Labute approximate surface area is 107 Å². The van der Waals surface area contributed by atoms with Crippen LogP contribution in [0.2, 0.25) is 0 Å². The summed E-state index contributed by atoms with van der Waals surface area (Å²) in [5.74, 6) is 0.686. The second kappa shape index (κ2) is 4.56. The van der Waals surface area contributed by atoms with E-state index >= 15 is 0 Å². The lowest BCUT2D eigenvalue weighted by Gasteiger charge is -1.97. The van der Waals surface area contributed by atoms with Gasteiger partial charge in [0.25, 0.3) is 5.56 Å². The Bertz CT molecular complexity index is 814. The zero-order chi connectivity index (χ0) is 13.2. The zero-order valence-corrected chi connectivity index (χ0v) is 10.1. The van der Waals surface area contributed by atoms with Crippen LogP contribution in [0.4, 0.5) is 0 Å². The smallest absolute Gasteiger partial charge is 0.327 e. The lowest BCUT2D eigenvalue weighted by atomic mass is 10.1. The molecule has 19 heavy (non-hydrogen) atoms. The van der Waals surface area contributed by atoms with Crippen molar-refractivity contribution in [2.45, 2.75) is 12.8 Å². The molecule has 0 spiro atoms. The Balaban J connectivity index is 1.88. The molecule has 3 rings (SSSR count). The number of nitrogens with one attached hydrogen (secondary N) is 3. The van der Waals surface area contributed by atoms with Crippen LogP contribution >= 0.6 is 0 Å². The third-order valence-corrected chi connectivity index (χ3v) is 2.93. The number of hydrogen-bond donors (Lipinski definition) is 3. The summed E-state index contributed by atoms with van der Waals surface area (Å²) in [6, 6.07) is 10.0. The van der Waals surface area contributed by atoms with Crippen molar-refractivity contribution in [2.24, 2.45) is 0 Å². The van der Waals surface area contributed by atoms with Crippen molar-refractivity contribution in [1.82, 2.24) is 19.9 Å². The Morgan fingerprint density at radius 3 is 2.53 bits per heavy atom. The van der Waals surface area contributed by atoms with Crippen molar-refractivity contribution >= 4 is 11.2 Å². The molecular formula is C13H12N4O2. The van der Waals surface area contributed by atoms with E-state index in [2.05, 4.69) is 19.9 Å². The largest absolute Gasteiger partial charge is 0.336 e. The van der Waals surface area contributed by atoms with E-state index in [9.17, 15) is 9.59 Å². The minimum atomic E-state index is -0.543. The summed E-state index contributed by atoms with van der Waals surface area (Å²) in [5.41, 5.74) is 0.820. The fraction of sp³-hybridized carbons (Fsp3) is 0.154. The summed E-state index contributed by atoms with van der Waals surface area (Å²) < 4.78 is 0. The highest BCUT2D eigenvalue weighted by atomic mass is 16.2. The minimum Gasteiger partial charge on any atom is -0.336 e. The molecule has 1 aromatic carbocycles. The summed E-state index contributed by atoms with van der Waals surface area (Å²) in [5, 5.41) is 0. The Morgan fingerprint density at radius 1 is 0.947 bits per heavy atom. The SMILES string of the molecule is O=c1[nH]c(=O)c2[nH]c(CCc3ccccc3)nc2[nH]1. The monoisotopic (exact) mass is 256 g/mol. The number of hydrogen-bond acceptors (Lipinski definition) is 3. The fourth-order valence-corrected chi connectivity index (χ4v) is 2.01. The average molecular weight is 256 g/mol. The number of fused-ring (bicyclic) bond motifs is 1. The quantitative estimate of drug-likeness (QED) is 0.644. The van der Waals surface area contributed by atoms with Crippen LogP contribution in [-0.2, 0) is 12.8 Å². The third-order valence-electron chi connectivity index (χ3n) is 2.93. The molecule has 0 saturated heterocycles. The molecule has 0 atom stereocenters. The predicted molar refractivity (Wildman–Crippen MR) is 71.2 cm³/mol. The molecule has 0 aliphatic heterocycles. The van der Waals surface area contributed by atoms with Crippen molar-refractivity contribution in [2.75, 3.05) is 0 Å². The van der Waals surface area contributed by atoms with E-state index in [-0.39, 0.29) is 0 Å². The van der Waals surface area contributed by atoms with Crippen LogP contribution in [0.15, 0.2) is 39.9 Å². The van der Waals surface area contributed by atoms with Crippen LogP contribution in [0, 0.1) is 0 Å². The lowest BCUT2D eigenvalue weighted by Crippen LogP contribution is -2.21. The van der Waals surface area contributed by atoms with Crippen molar-refractivity contribution in [1.29, 1.82) is 0 Å². The van der Waals surface area contributed by atoms with Gasteiger partial charge in [0.1, 0.15) is 11.3 Å². The molecule has 3 aromatic rings. The molecule has 0 saturated carbocycles. The van der Waals surface area contributed by atoms with Crippen molar-refractivity contribution in [3.63, 3.8) is 0 Å². The highest BCUT2D eigenvalue weighted by molar-refractivity contribution is 5.68. The lowest BCUT2D eigenvalue weighted by molar-refractivity contribution is 0.888. The molecule has 2 heterocycles. The van der Waals surface area contributed by atoms with Gasteiger partial charge < -0.3 is 4.98 Å². The Kier molecular flexibility index (Phi) is 2.75. The topological polar surface area (TPSA) is 94.4 Å². The zero-order valence-electron chi connectivity index (χ0n) is 10.1. The standard InChI is InChI=1S/C13H12N4O2/c18-12-10-11(16-13(19)17-12)15-9(14-10)7-6-8-4-2-1-3-5-8/h1-5H,6-7H2,(H3,14,15,16,17,18,19). The van der Waals surface area contributed by atoms with Crippen LogP contribution < -0.4 is 11.2 Å². The highest BCUT2D eigenvalue weighted by Crippen LogP contribution is 2.06. The first-order valence-corrected chi connectivity index (χ1v) is 5.97. The predicted octanol–water partition coefficient (Wildman–Crippen LogP) is 0.725. The second-order valence-electron chi connectivity index (χ2n) is 4.30. The molecule has 6 heteroatoms. The molecule has 2 aromatic heterocycles. The normalized spacial score (nSPS) is 10.9. The van der Waals surface area contributed by atoms with E-state index in [0.717, 1.165) is 6.42 Å². The number of aromatic amines is 3. The molecule has 96 valence electrons. The fourth-order valence-electron chi connectivity index (χ4n) is 2.01. The summed E-state index contributed by atoms with van der Waals surface area (Å²) in [6.45, 7) is 0. The molecule has 6 nitrogen and oxygen atoms in total. The van der Waals surface area contributed by atoms with Gasteiger partial charge in [-0.15, -0.1) is 0 Å². The number of benzene rings is 1. The first kappa shape index (κ1) is 11.5. The molecule has 0 aliphatic rings. The maximum absolute atomic E-state index is 11.5. The summed E-state index contributed by atoms with van der Waals surface area (Å²) >= 11 is 0. The molecule has 0 bridgehead atoms. The number of aryl methyl sites for hydroxylation is 2. The maximum Gasteiger partial charge on any atom is 0.327 e. The first-order chi connectivity index (χ1) is 9.22. The molecule has 0 radical (unpaired) electrons. The van der Waals surface area contributed by atoms with Crippen molar-refractivity contribution in [3.05, 3.63) is 62.6 Å². The first-order valence-electron chi connectivity index (χ1n) is 5.97. The number of nitrogens with zero attached hydrogens (tertiary/aromatic N) is 1. The van der Waals surface area contributed by atoms with E-state index in [4.69, 9.17) is 0 Å². The van der Waals surface area contributed by atoms with Crippen LogP contribution in [0.1, 0.15) is 11.4 Å². The van der Waals surface area contributed by atoms with Crippen LogP contribution in [0.25, 0.3) is 11.2 Å².